The lowest BCUT2D eigenvalue weighted by Crippen LogP contribution is -2.11. The van der Waals surface area contributed by atoms with E-state index in [2.05, 4.69) is 62.3 Å². The molecule has 0 spiro atoms. The van der Waals surface area contributed by atoms with Gasteiger partial charge in [-0.25, -0.2) is 0 Å². The summed E-state index contributed by atoms with van der Waals surface area (Å²) in [5.41, 5.74) is 2.38. The van der Waals surface area contributed by atoms with E-state index in [1.54, 1.807) is 0 Å². The Morgan fingerprint density at radius 1 is 1.11 bits per heavy atom. The van der Waals surface area contributed by atoms with Gasteiger partial charge in [-0.05, 0) is 58.7 Å². The highest BCUT2D eigenvalue weighted by Gasteiger charge is 2.01. The van der Waals surface area contributed by atoms with Crippen LogP contribution in [0, 0.1) is 6.92 Å². The van der Waals surface area contributed by atoms with Gasteiger partial charge in [0, 0.05) is 16.7 Å². The van der Waals surface area contributed by atoms with Crippen molar-refractivity contribution >= 4 is 37.5 Å². The van der Waals surface area contributed by atoms with Gasteiger partial charge in [-0.1, -0.05) is 28.1 Å². The van der Waals surface area contributed by atoms with Gasteiger partial charge in [-0.15, -0.1) is 0 Å². The molecular weight excluding hydrogens is 370 g/mol. The minimum atomic E-state index is 0.619. The van der Waals surface area contributed by atoms with Crippen LogP contribution in [0.25, 0.3) is 0 Å². The van der Waals surface area contributed by atoms with Gasteiger partial charge < -0.3 is 10.1 Å². The number of benzene rings is 2. The van der Waals surface area contributed by atoms with Crippen LogP contribution in [0.2, 0.25) is 0 Å². The van der Waals surface area contributed by atoms with E-state index in [-0.39, 0.29) is 0 Å². The molecule has 2 aromatic carbocycles. The van der Waals surface area contributed by atoms with Crippen molar-refractivity contribution in [2.45, 2.75) is 6.92 Å². The van der Waals surface area contributed by atoms with Gasteiger partial charge in [0.25, 0.3) is 0 Å². The Labute approximate surface area is 130 Å². The van der Waals surface area contributed by atoms with E-state index in [0.29, 0.717) is 6.61 Å². The van der Waals surface area contributed by atoms with E-state index < -0.39 is 0 Å². The quantitative estimate of drug-likeness (QED) is 0.731. The lowest BCUT2D eigenvalue weighted by atomic mass is 10.2. The molecule has 100 valence electrons. The van der Waals surface area contributed by atoms with Crippen LogP contribution in [0.5, 0.6) is 5.75 Å². The minimum Gasteiger partial charge on any atom is -0.491 e. The van der Waals surface area contributed by atoms with Crippen LogP contribution in [0.15, 0.2) is 51.4 Å². The van der Waals surface area contributed by atoms with Crippen LogP contribution in [0.1, 0.15) is 5.56 Å². The first-order chi connectivity index (χ1) is 9.15. The first-order valence-electron chi connectivity index (χ1n) is 6.03. The number of anilines is 1. The van der Waals surface area contributed by atoms with E-state index in [1.807, 2.05) is 24.3 Å². The van der Waals surface area contributed by atoms with Crippen LogP contribution in [0.3, 0.4) is 0 Å². The molecule has 4 heteroatoms. The maximum absolute atomic E-state index is 5.71. The van der Waals surface area contributed by atoms with Crippen molar-refractivity contribution < 1.29 is 4.74 Å². The third-order valence-corrected chi connectivity index (χ3v) is 3.71. The lowest BCUT2D eigenvalue weighted by molar-refractivity contribution is 0.331. The molecule has 0 atom stereocenters. The lowest BCUT2D eigenvalue weighted by Gasteiger charge is -2.10. The molecule has 0 fully saturated rings. The monoisotopic (exact) mass is 383 g/mol. The maximum Gasteiger partial charge on any atom is 0.133 e. The van der Waals surface area contributed by atoms with Crippen molar-refractivity contribution in [3.63, 3.8) is 0 Å². The van der Waals surface area contributed by atoms with Crippen LogP contribution in [-0.2, 0) is 0 Å². The Morgan fingerprint density at radius 2 is 1.95 bits per heavy atom. The maximum atomic E-state index is 5.71. The molecule has 0 aliphatic carbocycles. The average Bonchev–Trinajstić information content (AvgIpc) is 2.37. The van der Waals surface area contributed by atoms with Gasteiger partial charge in [0.2, 0.25) is 0 Å². The fourth-order valence-electron chi connectivity index (χ4n) is 1.70. The Morgan fingerprint density at radius 3 is 2.68 bits per heavy atom. The third-order valence-electron chi connectivity index (χ3n) is 2.60. The Bertz CT molecular complexity index is 558. The van der Waals surface area contributed by atoms with Crippen LogP contribution >= 0.6 is 31.9 Å². The normalized spacial score (nSPS) is 10.3. The minimum absolute atomic E-state index is 0.619. The first kappa shape index (κ1) is 14.4. The molecule has 0 amide bonds. The molecule has 1 N–H and O–H groups in total. The zero-order valence-electron chi connectivity index (χ0n) is 10.6. The van der Waals surface area contributed by atoms with Crippen LogP contribution < -0.4 is 10.1 Å². The highest BCUT2D eigenvalue weighted by atomic mass is 79.9. The summed E-state index contributed by atoms with van der Waals surface area (Å²) in [5, 5.41) is 3.34. The summed E-state index contributed by atoms with van der Waals surface area (Å²) >= 11 is 6.90. The second-order valence-corrected chi connectivity index (χ2v) is 5.99. The molecular formula is C15H15Br2NO. The molecule has 0 radical (unpaired) electrons. The third kappa shape index (κ3) is 4.55. The molecule has 0 aromatic heterocycles. The fraction of sp³-hybridized carbons (Fsp3) is 0.200. The second kappa shape index (κ2) is 6.96. The van der Waals surface area contributed by atoms with E-state index in [4.69, 9.17) is 4.74 Å². The number of rotatable bonds is 5. The van der Waals surface area contributed by atoms with Gasteiger partial charge in [0.15, 0.2) is 0 Å². The Kier molecular flexibility index (Phi) is 5.28. The highest BCUT2D eigenvalue weighted by Crippen LogP contribution is 2.28. The van der Waals surface area contributed by atoms with E-state index in [9.17, 15) is 0 Å². The number of halogens is 2. The van der Waals surface area contributed by atoms with Gasteiger partial charge >= 0.3 is 0 Å². The van der Waals surface area contributed by atoms with E-state index >= 15 is 0 Å². The van der Waals surface area contributed by atoms with Crippen molar-refractivity contribution in [3.05, 3.63) is 57.0 Å². The molecule has 0 aliphatic rings. The number of hydrogen-bond acceptors (Lipinski definition) is 2. The predicted molar refractivity (Wildman–Crippen MR) is 87.0 cm³/mol. The molecule has 0 heterocycles. The number of ether oxygens (including phenoxy) is 1. The average molecular weight is 385 g/mol. The second-order valence-electron chi connectivity index (χ2n) is 4.22. The summed E-state index contributed by atoms with van der Waals surface area (Å²) in [6.45, 7) is 3.47. The van der Waals surface area contributed by atoms with Crippen molar-refractivity contribution in [2.75, 3.05) is 18.5 Å². The molecule has 0 bridgehead atoms. The SMILES string of the molecule is Cc1cccc(NCCOc2ccc(Br)cc2Br)c1. The highest BCUT2D eigenvalue weighted by molar-refractivity contribution is 9.11. The molecule has 19 heavy (non-hydrogen) atoms. The largest absolute Gasteiger partial charge is 0.491 e. The zero-order valence-corrected chi connectivity index (χ0v) is 13.8. The number of hydrogen-bond donors (Lipinski definition) is 1. The van der Waals surface area contributed by atoms with Crippen molar-refractivity contribution in [1.29, 1.82) is 0 Å². The summed E-state index contributed by atoms with van der Waals surface area (Å²) in [4.78, 5) is 0. The molecule has 2 aromatic rings. The number of nitrogens with one attached hydrogen (secondary N) is 1. The van der Waals surface area contributed by atoms with Gasteiger partial charge in [-0.3, -0.25) is 0 Å². The van der Waals surface area contributed by atoms with Crippen molar-refractivity contribution in [3.8, 4) is 5.75 Å². The number of aryl methyl sites for hydroxylation is 1. The van der Waals surface area contributed by atoms with Crippen LogP contribution in [0.4, 0.5) is 5.69 Å². The van der Waals surface area contributed by atoms with Crippen molar-refractivity contribution in [2.24, 2.45) is 0 Å². The molecule has 0 aliphatic heterocycles. The van der Waals surface area contributed by atoms with E-state index in [1.165, 1.54) is 5.56 Å². The van der Waals surface area contributed by atoms with Gasteiger partial charge in [0.1, 0.15) is 12.4 Å². The Balaban J connectivity index is 1.81. The Hall–Kier alpha value is -1.000. The predicted octanol–water partition coefficient (Wildman–Crippen LogP) is 5.01. The summed E-state index contributed by atoms with van der Waals surface area (Å²) < 4.78 is 7.70. The molecule has 2 nitrogen and oxygen atoms in total. The van der Waals surface area contributed by atoms with Gasteiger partial charge in [-0.2, -0.15) is 0 Å². The summed E-state index contributed by atoms with van der Waals surface area (Å²) in [6.07, 6.45) is 0. The van der Waals surface area contributed by atoms with Gasteiger partial charge in [0.05, 0.1) is 4.47 Å². The molecule has 0 saturated carbocycles. The van der Waals surface area contributed by atoms with Crippen molar-refractivity contribution in [1.82, 2.24) is 0 Å². The first-order valence-corrected chi connectivity index (χ1v) is 7.62. The molecule has 0 unspecified atom stereocenters. The molecule has 2 rings (SSSR count). The summed E-state index contributed by atoms with van der Waals surface area (Å²) in [5.74, 6) is 0.856. The topological polar surface area (TPSA) is 21.3 Å². The van der Waals surface area contributed by atoms with Crippen LogP contribution in [-0.4, -0.2) is 13.2 Å². The zero-order chi connectivity index (χ0) is 13.7. The molecule has 0 saturated heterocycles. The smallest absolute Gasteiger partial charge is 0.133 e. The standard InChI is InChI=1S/C15H15Br2NO/c1-11-3-2-4-13(9-11)18-7-8-19-15-6-5-12(16)10-14(15)17/h2-6,9-10,18H,7-8H2,1H3. The van der Waals surface area contributed by atoms with E-state index in [0.717, 1.165) is 26.9 Å². The summed E-state index contributed by atoms with van der Waals surface area (Å²) in [7, 11) is 0. The summed E-state index contributed by atoms with van der Waals surface area (Å²) in [6, 6.07) is 14.2. The fourth-order valence-corrected chi connectivity index (χ4v) is 2.87.